The van der Waals surface area contributed by atoms with Crippen LogP contribution in [0.3, 0.4) is 0 Å². The molecule has 1 amide bonds. The molecule has 0 spiro atoms. The summed E-state index contributed by atoms with van der Waals surface area (Å²) >= 11 is 1.46. The van der Waals surface area contributed by atoms with Crippen molar-refractivity contribution in [2.75, 3.05) is 23.3 Å². The van der Waals surface area contributed by atoms with Crippen LogP contribution in [-0.2, 0) is 6.42 Å². The Bertz CT molecular complexity index is 1000. The first kappa shape index (κ1) is 17.9. The molecule has 1 aromatic carbocycles. The van der Waals surface area contributed by atoms with E-state index in [-0.39, 0.29) is 5.91 Å². The van der Waals surface area contributed by atoms with Crippen LogP contribution in [0.1, 0.15) is 46.4 Å². The van der Waals surface area contributed by atoms with Crippen molar-refractivity contribution >= 4 is 39.0 Å². The van der Waals surface area contributed by atoms with Gasteiger partial charge >= 0.3 is 0 Å². The molecular formula is C21H24N4OS. The Morgan fingerprint density at radius 1 is 1.19 bits per heavy atom. The van der Waals surface area contributed by atoms with Gasteiger partial charge in [0.25, 0.3) is 5.91 Å². The number of hydrogen-bond acceptors (Lipinski definition) is 5. The minimum atomic E-state index is -0.0681. The molecule has 1 aliphatic rings. The first-order valence-corrected chi connectivity index (χ1v) is 10.3. The normalized spacial score (nSPS) is 14.1. The van der Waals surface area contributed by atoms with E-state index < -0.39 is 0 Å². The minimum absolute atomic E-state index is 0.0681. The number of aromatic nitrogens is 2. The van der Waals surface area contributed by atoms with Crippen LogP contribution >= 0.6 is 11.3 Å². The Morgan fingerprint density at radius 3 is 2.67 bits per heavy atom. The van der Waals surface area contributed by atoms with Crippen molar-refractivity contribution in [1.82, 2.24) is 9.97 Å². The highest BCUT2D eigenvalue weighted by atomic mass is 32.1. The molecule has 3 aromatic rings. The number of benzene rings is 1. The molecule has 0 radical (unpaired) electrons. The number of nitrogens with zero attached hydrogens (tertiary/aromatic N) is 3. The van der Waals surface area contributed by atoms with Crippen molar-refractivity contribution in [2.45, 2.75) is 40.0 Å². The minimum Gasteiger partial charge on any atom is -0.356 e. The topological polar surface area (TPSA) is 58.1 Å². The fraction of sp³-hybridized carbons (Fsp3) is 0.381. The summed E-state index contributed by atoms with van der Waals surface area (Å²) in [6.07, 6.45) is 3.26. The van der Waals surface area contributed by atoms with Crippen molar-refractivity contribution in [2.24, 2.45) is 0 Å². The van der Waals surface area contributed by atoms with Crippen molar-refractivity contribution in [3.63, 3.8) is 0 Å². The number of thiophene rings is 1. The smallest absolute Gasteiger partial charge is 0.266 e. The van der Waals surface area contributed by atoms with E-state index in [1.54, 1.807) is 0 Å². The molecule has 0 bridgehead atoms. The van der Waals surface area contributed by atoms with Crippen LogP contribution in [0.4, 0.5) is 11.5 Å². The molecule has 5 nitrogen and oxygen atoms in total. The van der Waals surface area contributed by atoms with Crippen molar-refractivity contribution < 1.29 is 4.79 Å². The van der Waals surface area contributed by atoms with Gasteiger partial charge < -0.3 is 10.2 Å². The van der Waals surface area contributed by atoms with Gasteiger partial charge in [-0.05, 0) is 50.3 Å². The molecule has 0 atom stereocenters. The predicted octanol–water partition coefficient (Wildman–Crippen LogP) is 4.72. The molecule has 1 N–H and O–H groups in total. The molecule has 1 fully saturated rings. The Kier molecular flexibility index (Phi) is 4.83. The summed E-state index contributed by atoms with van der Waals surface area (Å²) in [5.41, 5.74) is 2.99. The van der Waals surface area contributed by atoms with Gasteiger partial charge in [0.15, 0.2) is 0 Å². The van der Waals surface area contributed by atoms with Crippen LogP contribution in [0.2, 0.25) is 0 Å². The summed E-state index contributed by atoms with van der Waals surface area (Å²) in [6, 6.07) is 7.96. The van der Waals surface area contributed by atoms with Crippen LogP contribution < -0.4 is 10.2 Å². The summed E-state index contributed by atoms with van der Waals surface area (Å²) in [5.74, 6) is 1.67. The van der Waals surface area contributed by atoms with Crippen molar-refractivity contribution in [1.29, 1.82) is 0 Å². The Morgan fingerprint density at radius 2 is 1.93 bits per heavy atom. The lowest BCUT2D eigenvalue weighted by molar-refractivity contribution is 0.103. The van der Waals surface area contributed by atoms with Gasteiger partial charge in [-0.25, -0.2) is 9.97 Å². The lowest BCUT2D eigenvalue weighted by atomic mass is 10.1. The maximum absolute atomic E-state index is 13.0. The Balaban J connectivity index is 1.75. The number of anilines is 2. The van der Waals surface area contributed by atoms with Gasteiger partial charge in [0.05, 0.1) is 10.3 Å². The van der Waals surface area contributed by atoms with Gasteiger partial charge in [-0.15, -0.1) is 11.3 Å². The average Bonchev–Trinajstić information content (AvgIpc) is 3.30. The quantitative estimate of drug-likeness (QED) is 0.711. The van der Waals surface area contributed by atoms with E-state index in [1.165, 1.54) is 24.2 Å². The molecule has 2 aromatic heterocycles. The van der Waals surface area contributed by atoms with Crippen LogP contribution in [-0.4, -0.2) is 29.0 Å². The molecule has 0 saturated carbocycles. The van der Waals surface area contributed by atoms with Crippen LogP contribution in [0.25, 0.3) is 10.2 Å². The molecule has 1 aliphatic heterocycles. The standard InChI is InChI=1S/C21H24N4OS/c1-4-15-9-5-6-10-16(15)24-20(26)18-13(2)17-19(25-11-7-8-12-25)22-14(3)23-21(17)27-18/h5-6,9-10H,4,7-8,11-12H2,1-3H3,(H,24,26). The van der Waals surface area contributed by atoms with E-state index in [4.69, 9.17) is 4.98 Å². The highest BCUT2D eigenvalue weighted by molar-refractivity contribution is 7.20. The Labute approximate surface area is 163 Å². The van der Waals surface area contributed by atoms with Crippen molar-refractivity contribution in [3.8, 4) is 0 Å². The second-order valence-electron chi connectivity index (χ2n) is 6.99. The van der Waals surface area contributed by atoms with E-state index >= 15 is 0 Å². The largest absolute Gasteiger partial charge is 0.356 e. The summed E-state index contributed by atoms with van der Waals surface area (Å²) < 4.78 is 0. The summed E-state index contributed by atoms with van der Waals surface area (Å²) in [7, 11) is 0. The molecule has 3 heterocycles. The van der Waals surface area contributed by atoms with E-state index in [9.17, 15) is 4.79 Å². The second kappa shape index (κ2) is 7.27. The van der Waals surface area contributed by atoms with E-state index in [0.717, 1.165) is 63.1 Å². The zero-order valence-electron chi connectivity index (χ0n) is 16.0. The van der Waals surface area contributed by atoms with Crippen LogP contribution in [0, 0.1) is 13.8 Å². The summed E-state index contributed by atoms with van der Waals surface area (Å²) in [5, 5.41) is 4.12. The van der Waals surface area contributed by atoms with E-state index in [0.29, 0.717) is 0 Å². The fourth-order valence-electron chi connectivity index (χ4n) is 3.73. The zero-order chi connectivity index (χ0) is 19.0. The van der Waals surface area contributed by atoms with Gasteiger partial charge in [-0.1, -0.05) is 25.1 Å². The van der Waals surface area contributed by atoms with E-state index in [2.05, 4.69) is 22.1 Å². The number of aryl methyl sites for hydroxylation is 3. The molecule has 4 rings (SSSR count). The van der Waals surface area contributed by atoms with Gasteiger partial charge in [0.1, 0.15) is 16.5 Å². The third-order valence-electron chi connectivity index (χ3n) is 5.14. The number of carbonyl (C=O) groups is 1. The average molecular weight is 381 g/mol. The zero-order valence-corrected chi connectivity index (χ0v) is 16.8. The first-order chi connectivity index (χ1) is 13.1. The number of amides is 1. The molecule has 27 heavy (non-hydrogen) atoms. The lowest BCUT2D eigenvalue weighted by Crippen LogP contribution is -2.20. The number of carbonyl (C=O) groups excluding carboxylic acids is 1. The summed E-state index contributed by atoms with van der Waals surface area (Å²) in [6.45, 7) is 8.07. The lowest BCUT2D eigenvalue weighted by Gasteiger charge is -2.18. The molecule has 0 aliphatic carbocycles. The third-order valence-corrected chi connectivity index (χ3v) is 6.33. The SMILES string of the molecule is CCc1ccccc1NC(=O)c1sc2nc(C)nc(N3CCCC3)c2c1C. The number of rotatable bonds is 4. The molecule has 140 valence electrons. The maximum atomic E-state index is 13.0. The third kappa shape index (κ3) is 3.30. The first-order valence-electron chi connectivity index (χ1n) is 9.50. The van der Waals surface area contributed by atoms with Gasteiger partial charge in [-0.2, -0.15) is 0 Å². The van der Waals surface area contributed by atoms with Gasteiger partial charge in [-0.3, -0.25) is 4.79 Å². The van der Waals surface area contributed by atoms with Crippen LogP contribution in [0.5, 0.6) is 0 Å². The Hall–Kier alpha value is -2.47. The number of para-hydroxylation sites is 1. The van der Waals surface area contributed by atoms with E-state index in [1.807, 2.05) is 38.1 Å². The second-order valence-corrected chi connectivity index (χ2v) is 7.99. The number of nitrogens with one attached hydrogen (secondary N) is 1. The molecule has 1 saturated heterocycles. The monoisotopic (exact) mass is 380 g/mol. The highest BCUT2D eigenvalue weighted by Crippen LogP contribution is 2.37. The van der Waals surface area contributed by atoms with Gasteiger partial charge in [0.2, 0.25) is 0 Å². The van der Waals surface area contributed by atoms with Crippen LogP contribution in [0.15, 0.2) is 24.3 Å². The molecule has 0 unspecified atom stereocenters. The maximum Gasteiger partial charge on any atom is 0.266 e. The fourth-order valence-corrected chi connectivity index (χ4v) is 4.84. The summed E-state index contributed by atoms with van der Waals surface area (Å²) in [4.78, 5) is 26.3. The number of hydrogen-bond donors (Lipinski definition) is 1. The molecule has 6 heteroatoms. The van der Waals surface area contributed by atoms with Gasteiger partial charge in [0, 0.05) is 18.8 Å². The highest BCUT2D eigenvalue weighted by Gasteiger charge is 2.24. The number of fused-ring (bicyclic) bond motifs is 1. The van der Waals surface area contributed by atoms with Crippen molar-refractivity contribution in [3.05, 3.63) is 46.1 Å². The molecular weight excluding hydrogens is 356 g/mol. The predicted molar refractivity (Wildman–Crippen MR) is 112 cm³/mol.